The fourth-order valence-electron chi connectivity index (χ4n) is 1.14. The smallest absolute Gasteiger partial charge is 0.266 e. The van der Waals surface area contributed by atoms with Crippen molar-refractivity contribution < 1.29 is 4.79 Å². The first kappa shape index (κ1) is 7.75. The van der Waals surface area contributed by atoms with Gasteiger partial charge in [0.15, 0.2) is 0 Å². The van der Waals surface area contributed by atoms with Crippen LogP contribution in [-0.4, -0.2) is 15.3 Å². The van der Waals surface area contributed by atoms with Crippen molar-refractivity contribution in [3.63, 3.8) is 0 Å². The largest absolute Gasteiger partial charge is 0.306 e. The third-order valence-electron chi connectivity index (χ3n) is 1.80. The van der Waals surface area contributed by atoms with Gasteiger partial charge in [0, 0.05) is 6.20 Å². The Balaban J connectivity index is 2.54. The van der Waals surface area contributed by atoms with E-state index in [1.165, 1.54) is 0 Å². The van der Waals surface area contributed by atoms with Crippen LogP contribution in [0.25, 0.3) is 5.52 Å². The number of nitrogens with two attached hydrogens (primary N) is 1. The monoisotopic (exact) mass is 176 g/mol. The molecular weight excluding hydrogens is 168 g/mol. The van der Waals surface area contributed by atoms with E-state index in [9.17, 15) is 4.79 Å². The SMILES string of the molecule is NNC(=O)c1ccc2cncn2c1. The molecule has 5 nitrogen and oxygen atoms in total. The lowest BCUT2D eigenvalue weighted by atomic mass is 10.2. The van der Waals surface area contributed by atoms with Crippen molar-refractivity contribution in [1.29, 1.82) is 0 Å². The minimum absolute atomic E-state index is 0.310. The molecule has 3 N–H and O–H groups in total. The van der Waals surface area contributed by atoms with E-state index in [0.29, 0.717) is 5.56 Å². The fraction of sp³-hybridized carbons (Fsp3) is 0. The molecule has 0 aliphatic carbocycles. The van der Waals surface area contributed by atoms with E-state index in [-0.39, 0.29) is 5.91 Å². The molecular formula is C8H8N4O. The summed E-state index contributed by atoms with van der Waals surface area (Å²) < 4.78 is 1.75. The number of imidazole rings is 1. The van der Waals surface area contributed by atoms with Crippen LogP contribution >= 0.6 is 0 Å². The van der Waals surface area contributed by atoms with Gasteiger partial charge in [-0.3, -0.25) is 10.2 Å². The summed E-state index contributed by atoms with van der Waals surface area (Å²) in [6.45, 7) is 0. The van der Waals surface area contributed by atoms with E-state index in [4.69, 9.17) is 5.84 Å². The van der Waals surface area contributed by atoms with Gasteiger partial charge in [0.1, 0.15) is 0 Å². The van der Waals surface area contributed by atoms with Crippen molar-refractivity contribution in [2.24, 2.45) is 5.84 Å². The summed E-state index contributed by atoms with van der Waals surface area (Å²) in [5, 5.41) is 0. The highest BCUT2D eigenvalue weighted by atomic mass is 16.2. The van der Waals surface area contributed by atoms with Crippen molar-refractivity contribution >= 4 is 11.4 Å². The zero-order valence-corrected chi connectivity index (χ0v) is 6.77. The molecule has 0 atom stereocenters. The maximum atomic E-state index is 11.1. The molecule has 5 heteroatoms. The lowest BCUT2D eigenvalue weighted by Crippen LogP contribution is -2.30. The summed E-state index contributed by atoms with van der Waals surface area (Å²) in [6, 6.07) is 3.50. The zero-order chi connectivity index (χ0) is 9.26. The molecule has 0 aliphatic rings. The Morgan fingerprint density at radius 1 is 1.54 bits per heavy atom. The van der Waals surface area contributed by atoms with Crippen molar-refractivity contribution in [3.05, 3.63) is 36.4 Å². The quantitative estimate of drug-likeness (QED) is 0.363. The molecule has 0 aromatic carbocycles. The van der Waals surface area contributed by atoms with Crippen LogP contribution in [0.3, 0.4) is 0 Å². The molecule has 2 heterocycles. The number of nitrogens with zero attached hydrogens (tertiary/aromatic N) is 2. The first-order chi connectivity index (χ1) is 6.31. The van der Waals surface area contributed by atoms with Crippen LogP contribution in [0.2, 0.25) is 0 Å². The summed E-state index contributed by atoms with van der Waals surface area (Å²) >= 11 is 0. The number of aromatic nitrogens is 2. The third kappa shape index (κ3) is 1.25. The number of carbonyl (C=O) groups is 1. The summed E-state index contributed by atoms with van der Waals surface area (Å²) in [5.41, 5.74) is 3.51. The number of nitrogens with one attached hydrogen (secondary N) is 1. The number of nitrogen functional groups attached to an aromatic ring is 1. The summed E-state index contributed by atoms with van der Waals surface area (Å²) in [7, 11) is 0. The number of hydrogen-bond donors (Lipinski definition) is 2. The number of fused-ring (bicyclic) bond motifs is 1. The van der Waals surface area contributed by atoms with Crippen LogP contribution in [0.5, 0.6) is 0 Å². The number of rotatable bonds is 1. The third-order valence-corrected chi connectivity index (χ3v) is 1.80. The fourth-order valence-corrected chi connectivity index (χ4v) is 1.14. The topological polar surface area (TPSA) is 72.4 Å². The minimum Gasteiger partial charge on any atom is -0.306 e. The Labute approximate surface area is 74.2 Å². The molecule has 1 amide bonds. The average Bonchev–Trinajstić information content (AvgIpc) is 2.63. The lowest BCUT2D eigenvalue weighted by Gasteiger charge is -1.99. The van der Waals surface area contributed by atoms with Crippen LogP contribution in [0.1, 0.15) is 10.4 Å². The van der Waals surface area contributed by atoms with Crippen LogP contribution in [0.4, 0.5) is 0 Å². The predicted molar refractivity (Wildman–Crippen MR) is 46.8 cm³/mol. The average molecular weight is 176 g/mol. The molecule has 0 unspecified atom stereocenters. The predicted octanol–water partition coefficient (Wildman–Crippen LogP) is -0.0622. The highest BCUT2D eigenvalue weighted by molar-refractivity contribution is 5.93. The Morgan fingerprint density at radius 3 is 3.15 bits per heavy atom. The van der Waals surface area contributed by atoms with Crippen molar-refractivity contribution in [1.82, 2.24) is 14.8 Å². The standard InChI is InChI=1S/C8H8N4O/c9-11-8(13)6-1-2-7-3-10-5-12(7)4-6/h1-5H,9H2,(H,11,13). The Morgan fingerprint density at radius 2 is 2.38 bits per heavy atom. The molecule has 0 radical (unpaired) electrons. The highest BCUT2D eigenvalue weighted by Crippen LogP contribution is 2.04. The lowest BCUT2D eigenvalue weighted by molar-refractivity contribution is 0.0953. The molecule has 0 saturated carbocycles. The van der Waals surface area contributed by atoms with Crippen molar-refractivity contribution in [2.75, 3.05) is 0 Å². The molecule has 2 aromatic heterocycles. The van der Waals surface area contributed by atoms with E-state index >= 15 is 0 Å². The summed E-state index contributed by atoms with van der Waals surface area (Å²) in [6.07, 6.45) is 5.01. The molecule has 2 aromatic rings. The molecule has 0 aliphatic heterocycles. The number of amides is 1. The van der Waals surface area contributed by atoms with E-state index in [2.05, 4.69) is 10.4 Å². The van der Waals surface area contributed by atoms with E-state index in [1.54, 1.807) is 35.3 Å². The van der Waals surface area contributed by atoms with Gasteiger partial charge in [-0.25, -0.2) is 10.8 Å². The molecule has 66 valence electrons. The molecule has 0 spiro atoms. The van der Waals surface area contributed by atoms with Crippen molar-refractivity contribution in [3.8, 4) is 0 Å². The molecule has 0 fully saturated rings. The van der Waals surface area contributed by atoms with E-state index < -0.39 is 0 Å². The van der Waals surface area contributed by atoms with Gasteiger partial charge >= 0.3 is 0 Å². The Bertz CT molecular complexity index is 448. The van der Waals surface area contributed by atoms with Crippen molar-refractivity contribution in [2.45, 2.75) is 0 Å². The zero-order valence-electron chi connectivity index (χ0n) is 6.77. The van der Waals surface area contributed by atoms with Gasteiger partial charge in [-0.15, -0.1) is 0 Å². The Kier molecular flexibility index (Phi) is 1.71. The van der Waals surface area contributed by atoms with E-state index in [0.717, 1.165) is 5.52 Å². The van der Waals surface area contributed by atoms with Gasteiger partial charge in [-0.05, 0) is 12.1 Å². The van der Waals surface area contributed by atoms with Crippen LogP contribution < -0.4 is 11.3 Å². The highest BCUT2D eigenvalue weighted by Gasteiger charge is 2.03. The number of hydrogen-bond acceptors (Lipinski definition) is 3. The van der Waals surface area contributed by atoms with Crippen LogP contribution in [0, 0.1) is 0 Å². The molecule has 0 bridgehead atoms. The van der Waals surface area contributed by atoms with Gasteiger partial charge in [0.2, 0.25) is 0 Å². The van der Waals surface area contributed by atoms with Gasteiger partial charge in [-0.1, -0.05) is 0 Å². The molecule has 2 rings (SSSR count). The van der Waals surface area contributed by atoms with E-state index in [1.807, 2.05) is 0 Å². The number of hydrazine groups is 1. The summed E-state index contributed by atoms with van der Waals surface area (Å²) in [4.78, 5) is 15.0. The molecule has 0 saturated heterocycles. The summed E-state index contributed by atoms with van der Waals surface area (Å²) in [5.74, 6) is 4.69. The second kappa shape index (κ2) is 2.87. The second-order valence-corrected chi connectivity index (χ2v) is 2.62. The maximum Gasteiger partial charge on any atom is 0.266 e. The van der Waals surface area contributed by atoms with Gasteiger partial charge < -0.3 is 4.40 Å². The first-order valence-corrected chi connectivity index (χ1v) is 3.74. The van der Waals surface area contributed by atoms with Gasteiger partial charge in [0.25, 0.3) is 5.91 Å². The van der Waals surface area contributed by atoms with Crippen LogP contribution in [-0.2, 0) is 0 Å². The first-order valence-electron chi connectivity index (χ1n) is 3.74. The van der Waals surface area contributed by atoms with Gasteiger partial charge in [-0.2, -0.15) is 0 Å². The number of carbonyl (C=O) groups excluding carboxylic acids is 1. The second-order valence-electron chi connectivity index (χ2n) is 2.62. The number of pyridine rings is 1. The minimum atomic E-state index is -0.310. The maximum absolute atomic E-state index is 11.1. The van der Waals surface area contributed by atoms with Crippen LogP contribution in [0.15, 0.2) is 30.9 Å². The normalized spacial score (nSPS) is 10.2. The Hall–Kier alpha value is -1.88. The van der Waals surface area contributed by atoms with Gasteiger partial charge in [0.05, 0.1) is 23.6 Å². The molecule has 13 heavy (non-hydrogen) atoms.